The highest BCUT2D eigenvalue weighted by molar-refractivity contribution is 9.10. The van der Waals surface area contributed by atoms with Crippen molar-refractivity contribution in [3.63, 3.8) is 0 Å². The Morgan fingerprint density at radius 2 is 1.89 bits per heavy atom. The smallest absolute Gasteiger partial charge is 0.0317 e. The van der Waals surface area contributed by atoms with Crippen molar-refractivity contribution >= 4 is 15.9 Å². The molecule has 1 saturated heterocycles. The zero-order valence-corrected chi connectivity index (χ0v) is 13.5. The summed E-state index contributed by atoms with van der Waals surface area (Å²) in [4.78, 5) is 4.98. The Hall–Kier alpha value is -0.420. The molecule has 1 aliphatic heterocycles. The Bertz CT molecular complexity index is 373. The van der Waals surface area contributed by atoms with Gasteiger partial charge in [-0.2, -0.15) is 0 Å². The van der Waals surface area contributed by atoms with E-state index in [1.807, 2.05) is 0 Å². The van der Waals surface area contributed by atoms with Crippen molar-refractivity contribution < 1.29 is 0 Å². The van der Waals surface area contributed by atoms with E-state index in [4.69, 9.17) is 0 Å². The summed E-state index contributed by atoms with van der Waals surface area (Å²) in [6, 6.07) is 9.12. The summed E-state index contributed by atoms with van der Waals surface area (Å²) in [6.07, 6.45) is 0. The van der Waals surface area contributed by atoms with E-state index in [2.05, 4.69) is 69.3 Å². The van der Waals surface area contributed by atoms with Gasteiger partial charge < -0.3 is 5.32 Å². The van der Waals surface area contributed by atoms with Crippen LogP contribution in [0.15, 0.2) is 28.7 Å². The van der Waals surface area contributed by atoms with Gasteiger partial charge in [0, 0.05) is 49.8 Å². The maximum Gasteiger partial charge on any atom is 0.0317 e. The van der Waals surface area contributed by atoms with Crippen LogP contribution in [0.3, 0.4) is 0 Å². The van der Waals surface area contributed by atoms with Crippen LogP contribution in [-0.2, 0) is 0 Å². The van der Waals surface area contributed by atoms with E-state index in [0.717, 1.165) is 24.1 Å². The van der Waals surface area contributed by atoms with Gasteiger partial charge in [-0.15, -0.1) is 0 Å². The lowest BCUT2D eigenvalue weighted by atomic mass is 10.1. The number of hydrogen-bond acceptors (Lipinski definition) is 3. The second-order valence-electron chi connectivity index (χ2n) is 5.30. The maximum absolute atomic E-state index is 3.49. The van der Waals surface area contributed by atoms with E-state index >= 15 is 0 Å². The van der Waals surface area contributed by atoms with Crippen molar-refractivity contribution in [2.45, 2.75) is 13.0 Å². The van der Waals surface area contributed by atoms with Crippen molar-refractivity contribution in [1.82, 2.24) is 15.1 Å². The average molecular weight is 326 g/mol. The molecule has 2 rings (SSSR count). The van der Waals surface area contributed by atoms with Gasteiger partial charge in [-0.3, -0.25) is 9.80 Å². The normalized spacial score (nSPS) is 18.7. The highest BCUT2D eigenvalue weighted by atomic mass is 79.9. The summed E-state index contributed by atoms with van der Waals surface area (Å²) in [5.41, 5.74) is 1.38. The third-order valence-electron chi connectivity index (χ3n) is 3.99. The molecule has 0 amide bonds. The number of hydrogen-bond donors (Lipinski definition) is 1. The molecule has 0 saturated carbocycles. The van der Waals surface area contributed by atoms with Crippen LogP contribution in [0.2, 0.25) is 0 Å². The van der Waals surface area contributed by atoms with E-state index < -0.39 is 0 Å². The van der Waals surface area contributed by atoms with E-state index in [0.29, 0.717) is 6.04 Å². The molecule has 0 spiro atoms. The molecule has 1 fully saturated rings. The highest BCUT2D eigenvalue weighted by Gasteiger charge is 2.14. The fourth-order valence-electron chi connectivity index (χ4n) is 2.42. The Morgan fingerprint density at radius 1 is 1.26 bits per heavy atom. The van der Waals surface area contributed by atoms with Crippen LogP contribution in [0.5, 0.6) is 0 Å². The molecule has 1 unspecified atom stereocenters. The minimum Gasteiger partial charge on any atom is -0.314 e. The van der Waals surface area contributed by atoms with Crippen LogP contribution in [0.1, 0.15) is 18.5 Å². The minimum absolute atomic E-state index is 0.469. The van der Waals surface area contributed by atoms with Crippen molar-refractivity contribution in [3.05, 3.63) is 34.3 Å². The van der Waals surface area contributed by atoms with E-state index in [1.54, 1.807) is 0 Å². The van der Waals surface area contributed by atoms with Crippen molar-refractivity contribution in [1.29, 1.82) is 0 Å². The standard InChI is InChI=1S/C15H24BrN3/c1-13(14-3-5-15(16)6-4-14)18(2)11-12-19-9-7-17-8-10-19/h3-6,13,17H,7-12H2,1-2H3. The van der Waals surface area contributed by atoms with Crippen LogP contribution >= 0.6 is 15.9 Å². The van der Waals surface area contributed by atoms with Gasteiger partial charge >= 0.3 is 0 Å². The first-order valence-corrected chi connectivity index (χ1v) is 7.85. The Balaban J connectivity index is 1.81. The van der Waals surface area contributed by atoms with Gasteiger partial charge in [-0.05, 0) is 31.7 Å². The third kappa shape index (κ3) is 4.56. The number of nitrogens with one attached hydrogen (secondary N) is 1. The number of halogens is 1. The molecule has 106 valence electrons. The first kappa shape index (κ1) is 15.0. The molecule has 3 nitrogen and oxygen atoms in total. The van der Waals surface area contributed by atoms with Crippen LogP contribution in [-0.4, -0.2) is 56.1 Å². The number of piperazine rings is 1. The molecule has 1 aromatic rings. The number of likely N-dealkylation sites (N-methyl/N-ethyl adjacent to an activating group) is 1. The molecule has 0 aromatic heterocycles. The van der Waals surface area contributed by atoms with E-state index in [-0.39, 0.29) is 0 Å². The predicted molar refractivity (Wildman–Crippen MR) is 84.5 cm³/mol. The molecular weight excluding hydrogens is 302 g/mol. The molecular formula is C15H24BrN3. The first-order chi connectivity index (χ1) is 9.16. The summed E-state index contributed by atoms with van der Waals surface area (Å²) in [5, 5.41) is 3.40. The van der Waals surface area contributed by atoms with Gasteiger partial charge in [0.25, 0.3) is 0 Å². The monoisotopic (exact) mass is 325 g/mol. The van der Waals surface area contributed by atoms with Crippen LogP contribution in [0.25, 0.3) is 0 Å². The largest absolute Gasteiger partial charge is 0.314 e. The van der Waals surface area contributed by atoms with Gasteiger partial charge in [0.2, 0.25) is 0 Å². The fraction of sp³-hybridized carbons (Fsp3) is 0.600. The zero-order valence-electron chi connectivity index (χ0n) is 11.9. The summed E-state index contributed by atoms with van der Waals surface area (Å²) < 4.78 is 1.15. The van der Waals surface area contributed by atoms with Gasteiger partial charge in [0.1, 0.15) is 0 Å². The van der Waals surface area contributed by atoms with Crippen molar-refractivity contribution in [2.75, 3.05) is 46.3 Å². The zero-order chi connectivity index (χ0) is 13.7. The molecule has 4 heteroatoms. The van der Waals surface area contributed by atoms with E-state index in [9.17, 15) is 0 Å². The Labute approximate surface area is 125 Å². The topological polar surface area (TPSA) is 18.5 Å². The molecule has 19 heavy (non-hydrogen) atoms. The van der Waals surface area contributed by atoms with Crippen LogP contribution < -0.4 is 5.32 Å². The fourth-order valence-corrected chi connectivity index (χ4v) is 2.69. The summed E-state index contributed by atoms with van der Waals surface area (Å²) in [6.45, 7) is 9.19. The summed E-state index contributed by atoms with van der Waals surface area (Å²) in [7, 11) is 2.22. The lowest BCUT2D eigenvalue weighted by Gasteiger charge is -2.31. The predicted octanol–water partition coefficient (Wildman–Crippen LogP) is 2.35. The van der Waals surface area contributed by atoms with Gasteiger partial charge in [-0.1, -0.05) is 28.1 Å². The molecule has 0 radical (unpaired) electrons. The Kier molecular flexibility index (Phi) is 5.82. The molecule has 1 aliphatic rings. The second kappa shape index (κ2) is 7.39. The summed E-state index contributed by atoms with van der Waals surface area (Å²) >= 11 is 3.49. The molecule has 1 N–H and O–H groups in total. The van der Waals surface area contributed by atoms with Crippen LogP contribution in [0.4, 0.5) is 0 Å². The average Bonchev–Trinajstić information content (AvgIpc) is 2.46. The van der Waals surface area contributed by atoms with Gasteiger partial charge in [0.15, 0.2) is 0 Å². The SMILES string of the molecule is CC(c1ccc(Br)cc1)N(C)CCN1CCNCC1. The lowest BCUT2D eigenvalue weighted by molar-refractivity contribution is 0.183. The number of nitrogens with zero attached hydrogens (tertiary/aromatic N) is 2. The van der Waals surface area contributed by atoms with Gasteiger partial charge in [0.05, 0.1) is 0 Å². The third-order valence-corrected chi connectivity index (χ3v) is 4.52. The van der Waals surface area contributed by atoms with E-state index in [1.165, 1.54) is 25.2 Å². The van der Waals surface area contributed by atoms with Crippen LogP contribution in [0, 0.1) is 0 Å². The number of rotatable bonds is 5. The lowest BCUT2D eigenvalue weighted by Crippen LogP contribution is -2.46. The molecule has 1 heterocycles. The Morgan fingerprint density at radius 3 is 2.53 bits per heavy atom. The quantitative estimate of drug-likeness (QED) is 0.896. The molecule has 0 aliphatic carbocycles. The second-order valence-corrected chi connectivity index (χ2v) is 6.22. The highest BCUT2D eigenvalue weighted by Crippen LogP contribution is 2.20. The van der Waals surface area contributed by atoms with Gasteiger partial charge in [-0.25, -0.2) is 0 Å². The van der Waals surface area contributed by atoms with Crippen molar-refractivity contribution in [2.24, 2.45) is 0 Å². The summed E-state index contributed by atoms with van der Waals surface area (Å²) in [5.74, 6) is 0. The maximum atomic E-state index is 3.49. The number of benzene rings is 1. The minimum atomic E-state index is 0.469. The van der Waals surface area contributed by atoms with Crippen molar-refractivity contribution in [3.8, 4) is 0 Å². The molecule has 0 bridgehead atoms. The first-order valence-electron chi connectivity index (χ1n) is 7.05. The molecule has 1 aromatic carbocycles. The molecule has 1 atom stereocenters.